The normalized spacial score (nSPS) is 11.9. The van der Waals surface area contributed by atoms with E-state index in [-0.39, 0.29) is 12.3 Å². The Labute approximate surface area is 123 Å². The van der Waals surface area contributed by atoms with Crippen molar-refractivity contribution in [3.63, 3.8) is 0 Å². The highest BCUT2D eigenvalue weighted by molar-refractivity contribution is 6.31. The maximum atomic E-state index is 11.9. The minimum Gasteiger partial charge on any atom is -0.480 e. The lowest BCUT2D eigenvalue weighted by molar-refractivity contribution is -0.141. The number of aliphatic carboxylic acids is 1. The van der Waals surface area contributed by atoms with Crippen LogP contribution in [0.2, 0.25) is 5.02 Å². The molecule has 3 N–H and O–H groups in total. The molecule has 0 aliphatic heterocycles. The second-order valence-corrected chi connectivity index (χ2v) is 4.99. The van der Waals surface area contributed by atoms with Gasteiger partial charge in [-0.2, -0.15) is 0 Å². The summed E-state index contributed by atoms with van der Waals surface area (Å²) in [6.07, 6.45) is 0.681. The van der Waals surface area contributed by atoms with E-state index in [2.05, 4.69) is 10.6 Å². The van der Waals surface area contributed by atoms with E-state index >= 15 is 0 Å². The number of hydrogen-bond acceptors (Lipinski definition) is 3. The minimum atomic E-state index is -1.03. The van der Waals surface area contributed by atoms with E-state index < -0.39 is 12.0 Å². The van der Waals surface area contributed by atoms with Crippen LogP contribution in [-0.4, -0.2) is 29.6 Å². The van der Waals surface area contributed by atoms with Crippen molar-refractivity contribution >= 4 is 29.2 Å². The molecule has 0 aromatic heterocycles. The highest BCUT2D eigenvalue weighted by atomic mass is 35.5. The molecule has 20 heavy (non-hydrogen) atoms. The summed E-state index contributed by atoms with van der Waals surface area (Å²) in [5, 5.41) is 15.1. The van der Waals surface area contributed by atoms with Crippen molar-refractivity contribution in [3.8, 4) is 0 Å². The van der Waals surface area contributed by atoms with Crippen LogP contribution >= 0.6 is 11.6 Å². The fourth-order valence-corrected chi connectivity index (χ4v) is 1.85. The van der Waals surface area contributed by atoms with E-state index in [0.717, 1.165) is 12.0 Å². The van der Waals surface area contributed by atoms with Gasteiger partial charge in [-0.3, -0.25) is 9.59 Å². The van der Waals surface area contributed by atoms with E-state index in [9.17, 15) is 9.59 Å². The molecular formula is C14H19ClN2O3. The van der Waals surface area contributed by atoms with Crippen LogP contribution in [0.5, 0.6) is 0 Å². The van der Waals surface area contributed by atoms with Gasteiger partial charge in [-0.25, -0.2) is 0 Å². The molecule has 0 heterocycles. The first-order chi connectivity index (χ1) is 9.43. The molecule has 0 bridgehead atoms. The van der Waals surface area contributed by atoms with Gasteiger partial charge in [-0.1, -0.05) is 24.6 Å². The summed E-state index contributed by atoms with van der Waals surface area (Å²) in [6, 6.07) is 4.29. The maximum Gasteiger partial charge on any atom is 0.321 e. The lowest BCUT2D eigenvalue weighted by Gasteiger charge is -2.14. The molecular weight excluding hydrogens is 280 g/mol. The topological polar surface area (TPSA) is 78.4 Å². The number of hydrogen-bond donors (Lipinski definition) is 3. The van der Waals surface area contributed by atoms with Crippen molar-refractivity contribution in [3.05, 3.63) is 28.8 Å². The highest BCUT2D eigenvalue weighted by Gasteiger charge is 2.20. The molecule has 1 rings (SSSR count). The molecule has 6 heteroatoms. The summed E-state index contributed by atoms with van der Waals surface area (Å²) in [5.74, 6) is -1.39. The predicted molar refractivity (Wildman–Crippen MR) is 79.2 cm³/mol. The SMILES string of the molecule is CCCNC(CC(=O)Nc1cc(Cl)ccc1C)C(=O)O. The smallest absolute Gasteiger partial charge is 0.321 e. The van der Waals surface area contributed by atoms with E-state index in [4.69, 9.17) is 16.7 Å². The van der Waals surface area contributed by atoms with Gasteiger partial charge in [0.2, 0.25) is 5.91 Å². The number of nitrogens with one attached hydrogen (secondary N) is 2. The van der Waals surface area contributed by atoms with E-state index in [1.165, 1.54) is 0 Å². The summed E-state index contributed by atoms with van der Waals surface area (Å²) in [7, 11) is 0. The Morgan fingerprint density at radius 3 is 2.70 bits per heavy atom. The van der Waals surface area contributed by atoms with Crippen LogP contribution in [0.3, 0.4) is 0 Å². The third kappa shape index (κ3) is 5.19. The molecule has 0 aliphatic carbocycles. The standard InChI is InChI=1S/C14H19ClN2O3/c1-3-6-16-12(14(19)20)8-13(18)17-11-7-10(15)5-4-9(11)2/h4-5,7,12,16H,3,6,8H2,1-2H3,(H,17,18)(H,19,20). The van der Waals surface area contributed by atoms with E-state index in [1.807, 2.05) is 13.8 Å². The lowest BCUT2D eigenvalue weighted by atomic mass is 10.1. The fourth-order valence-electron chi connectivity index (χ4n) is 1.68. The molecule has 0 fully saturated rings. The number of amides is 1. The first kappa shape index (κ1) is 16.5. The first-order valence-corrected chi connectivity index (χ1v) is 6.84. The fraction of sp³-hybridized carbons (Fsp3) is 0.429. The number of carbonyl (C=O) groups is 2. The van der Waals surface area contributed by atoms with Crippen molar-refractivity contribution in [2.24, 2.45) is 0 Å². The van der Waals surface area contributed by atoms with E-state index in [1.54, 1.807) is 18.2 Å². The molecule has 1 unspecified atom stereocenters. The van der Waals surface area contributed by atoms with Crippen LogP contribution < -0.4 is 10.6 Å². The predicted octanol–water partition coefficient (Wildman–Crippen LogP) is 2.43. The van der Waals surface area contributed by atoms with Crippen LogP contribution in [0.1, 0.15) is 25.3 Å². The molecule has 0 aliphatic rings. The van der Waals surface area contributed by atoms with Gasteiger partial charge in [0.1, 0.15) is 6.04 Å². The van der Waals surface area contributed by atoms with Gasteiger partial charge in [0.05, 0.1) is 6.42 Å². The highest BCUT2D eigenvalue weighted by Crippen LogP contribution is 2.20. The Hall–Kier alpha value is -1.59. The first-order valence-electron chi connectivity index (χ1n) is 6.46. The van der Waals surface area contributed by atoms with Crippen LogP contribution in [0.15, 0.2) is 18.2 Å². The number of anilines is 1. The van der Waals surface area contributed by atoms with Gasteiger partial charge in [0.25, 0.3) is 0 Å². The van der Waals surface area contributed by atoms with Gasteiger partial charge in [0, 0.05) is 10.7 Å². The second kappa shape index (κ2) is 7.87. The van der Waals surface area contributed by atoms with Crippen LogP contribution in [0.4, 0.5) is 5.69 Å². The van der Waals surface area contributed by atoms with Crippen molar-refractivity contribution in [1.82, 2.24) is 5.32 Å². The van der Waals surface area contributed by atoms with Crippen LogP contribution in [0.25, 0.3) is 0 Å². The third-order valence-electron chi connectivity index (χ3n) is 2.80. The Balaban J connectivity index is 2.65. The molecule has 110 valence electrons. The molecule has 1 atom stereocenters. The van der Waals surface area contributed by atoms with E-state index in [0.29, 0.717) is 17.3 Å². The summed E-state index contributed by atoms with van der Waals surface area (Å²) in [6.45, 7) is 4.33. The largest absolute Gasteiger partial charge is 0.480 e. The number of halogens is 1. The zero-order chi connectivity index (χ0) is 15.1. The quantitative estimate of drug-likeness (QED) is 0.722. The zero-order valence-electron chi connectivity index (χ0n) is 11.6. The van der Waals surface area contributed by atoms with Crippen LogP contribution in [0, 0.1) is 6.92 Å². The Bertz CT molecular complexity index is 491. The number of carbonyl (C=O) groups excluding carboxylic acids is 1. The monoisotopic (exact) mass is 298 g/mol. The molecule has 0 radical (unpaired) electrons. The third-order valence-corrected chi connectivity index (χ3v) is 3.04. The van der Waals surface area contributed by atoms with Crippen molar-refractivity contribution in [1.29, 1.82) is 0 Å². The van der Waals surface area contributed by atoms with Gasteiger partial charge in [0.15, 0.2) is 0 Å². The molecule has 0 spiro atoms. The average Bonchev–Trinajstić information content (AvgIpc) is 2.38. The lowest BCUT2D eigenvalue weighted by Crippen LogP contribution is -2.40. The summed E-state index contributed by atoms with van der Waals surface area (Å²) < 4.78 is 0. The van der Waals surface area contributed by atoms with Gasteiger partial charge >= 0.3 is 5.97 Å². The zero-order valence-corrected chi connectivity index (χ0v) is 12.3. The van der Waals surface area contributed by atoms with Gasteiger partial charge in [-0.05, 0) is 37.6 Å². The summed E-state index contributed by atoms with van der Waals surface area (Å²) in [4.78, 5) is 22.9. The number of carboxylic acid groups (broad SMARTS) is 1. The Morgan fingerprint density at radius 1 is 1.40 bits per heavy atom. The summed E-state index contributed by atoms with van der Waals surface area (Å²) in [5.41, 5.74) is 1.47. The maximum absolute atomic E-state index is 11.9. The van der Waals surface area contributed by atoms with Crippen molar-refractivity contribution in [2.75, 3.05) is 11.9 Å². The number of benzene rings is 1. The molecule has 1 amide bonds. The van der Waals surface area contributed by atoms with Crippen LogP contribution in [-0.2, 0) is 9.59 Å². The Kier molecular flexibility index (Phi) is 6.48. The molecule has 0 saturated carbocycles. The molecule has 0 saturated heterocycles. The number of carboxylic acids is 1. The van der Waals surface area contributed by atoms with Crippen molar-refractivity contribution < 1.29 is 14.7 Å². The number of aryl methyl sites for hydroxylation is 1. The van der Waals surface area contributed by atoms with Gasteiger partial charge in [-0.15, -0.1) is 0 Å². The van der Waals surface area contributed by atoms with Gasteiger partial charge < -0.3 is 15.7 Å². The molecule has 1 aromatic rings. The summed E-state index contributed by atoms with van der Waals surface area (Å²) >= 11 is 5.87. The molecule has 1 aromatic carbocycles. The minimum absolute atomic E-state index is 0.124. The molecule has 5 nitrogen and oxygen atoms in total. The number of rotatable bonds is 7. The second-order valence-electron chi connectivity index (χ2n) is 4.56. The average molecular weight is 299 g/mol. The van der Waals surface area contributed by atoms with Crippen molar-refractivity contribution in [2.45, 2.75) is 32.7 Å². The Morgan fingerprint density at radius 2 is 2.10 bits per heavy atom.